The molecule has 106 valence electrons. The van der Waals surface area contributed by atoms with Crippen molar-refractivity contribution in [1.29, 1.82) is 0 Å². The van der Waals surface area contributed by atoms with E-state index in [2.05, 4.69) is 0 Å². The second-order valence-electron chi connectivity index (χ2n) is 4.30. The molecule has 1 N–H and O–H groups in total. The monoisotopic (exact) mass is 287 g/mol. The van der Waals surface area contributed by atoms with Gasteiger partial charge in [-0.25, -0.2) is 4.79 Å². The lowest BCUT2D eigenvalue weighted by Crippen LogP contribution is -2.38. The predicted molar refractivity (Wildman–Crippen MR) is 71.0 cm³/mol. The van der Waals surface area contributed by atoms with Crippen molar-refractivity contribution in [3.05, 3.63) is 70.0 Å². The molecule has 0 aliphatic heterocycles. The van der Waals surface area contributed by atoms with Crippen LogP contribution in [0.3, 0.4) is 0 Å². The summed E-state index contributed by atoms with van der Waals surface area (Å²) in [6.45, 7) is -0.0427. The molecular formula is C14H11N2O5+. The molecule has 1 aromatic heterocycles. The van der Waals surface area contributed by atoms with E-state index in [0.29, 0.717) is 5.56 Å². The highest BCUT2D eigenvalue weighted by molar-refractivity contribution is 5.95. The lowest BCUT2D eigenvalue weighted by atomic mass is 10.1. The number of aromatic nitrogens is 1. The minimum Gasteiger partial charge on any atom is -0.477 e. The largest absolute Gasteiger partial charge is 0.477 e. The number of nitro groups is 1. The Morgan fingerprint density at radius 3 is 2.38 bits per heavy atom. The maximum absolute atomic E-state index is 12.0. The van der Waals surface area contributed by atoms with E-state index in [9.17, 15) is 19.7 Å². The first kappa shape index (κ1) is 14.3. The number of carboxylic acid groups (broad SMARTS) is 1. The quantitative estimate of drug-likeness (QED) is 0.388. The van der Waals surface area contributed by atoms with E-state index in [1.807, 2.05) is 0 Å². The Labute approximate surface area is 119 Å². The molecule has 7 heteroatoms. The van der Waals surface area contributed by atoms with Crippen LogP contribution in [0.15, 0.2) is 48.8 Å². The fourth-order valence-corrected chi connectivity index (χ4v) is 1.77. The molecule has 1 heterocycles. The van der Waals surface area contributed by atoms with Gasteiger partial charge < -0.3 is 5.11 Å². The molecule has 21 heavy (non-hydrogen) atoms. The fraction of sp³-hybridized carbons (Fsp3) is 0.0714. The summed E-state index contributed by atoms with van der Waals surface area (Å²) < 4.78 is 1.45. The number of benzene rings is 1. The third-order valence-corrected chi connectivity index (χ3v) is 2.83. The number of ketones is 1. The number of non-ortho nitro benzene ring substituents is 1. The van der Waals surface area contributed by atoms with E-state index in [0.717, 1.165) is 0 Å². The zero-order chi connectivity index (χ0) is 15.4. The summed E-state index contributed by atoms with van der Waals surface area (Å²) in [6.07, 6.45) is 2.93. The molecule has 0 fully saturated rings. The minimum atomic E-state index is -1.08. The first-order valence-electron chi connectivity index (χ1n) is 5.97. The van der Waals surface area contributed by atoms with E-state index < -0.39 is 10.9 Å². The van der Waals surface area contributed by atoms with Gasteiger partial charge in [0.15, 0.2) is 12.4 Å². The van der Waals surface area contributed by atoms with E-state index in [4.69, 9.17) is 5.11 Å². The molecule has 0 spiro atoms. The summed E-state index contributed by atoms with van der Waals surface area (Å²) in [6, 6.07) is 8.23. The van der Waals surface area contributed by atoms with Gasteiger partial charge in [0.1, 0.15) is 5.56 Å². The normalized spacial score (nSPS) is 10.1. The van der Waals surface area contributed by atoms with Crippen molar-refractivity contribution >= 4 is 17.4 Å². The molecule has 0 bridgehead atoms. The van der Waals surface area contributed by atoms with Crippen LogP contribution in [0.2, 0.25) is 0 Å². The van der Waals surface area contributed by atoms with Crippen LogP contribution < -0.4 is 4.57 Å². The summed E-state index contributed by atoms with van der Waals surface area (Å²) in [5, 5.41) is 19.4. The number of pyridine rings is 1. The molecule has 0 radical (unpaired) electrons. The second kappa shape index (κ2) is 5.91. The van der Waals surface area contributed by atoms with Gasteiger partial charge in [-0.05, 0) is 18.2 Å². The standard InChI is InChI=1S/C14H10N2O5/c17-13(10-3-5-12(6-4-10)16(20)21)9-15-7-1-2-11(8-15)14(18)19/h1-8H,9H2/p+1. The van der Waals surface area contributed by atoms with E-state index in [-0.39, 0.29) is 23.6 Å². The molecule has 2 aromatic rings. The molecule has 1 aromatic carbocycles. The summed E-state index contributed by atoms with van der Waals surface area (Å²) >= 11 is 0. The number of hydrogen-bond donors (Lipinski definition) is 1. The number of nitrogens with zero attached hydrogens (tertiary/aromatic N) is 2. The first-order chi connectivity index (χ1) is 9.97. The number of carbonyl (C=O) groups excluding carboxylic acids is 1. The molecule has 0 aliphatic carbocycles. The van der Waals surface area contributed by atoms with Crippen molar-refractivity contribution in [2.45, 2.75) is 6.54 Å². The molecule has 0 unspecified atom stereocenters. The van der Waals surface area contributed by atoms with Crippen LogP contribution in [-0.4, -0.2) is 21.8 Å². The number of aromatic carboxylic acids is 1. The Morgan fingerprint density at radius 1 is 1.14 bits per heavy atom. The van der Waals surface area contributed by atoms with Crippen LogP contribution in [0.1, 0.15) is 20.7 Å². The molecule has 2 rings (SSSR count). The van der Waals surface area contributed by atoms with Crippen molar-refractivity contribution in [2.24, 2.45) is 0 Å². The van der Waals surface area contributed by atoms with Crippen LogP contribution in [0, 0.1) is 10.1 Å². The van der Waals surface area contributed by atoms with Crippen molar-refractivity contribution in [2.75, 3.05) is 0 Å². The van der Waals surface area contributed by atoms with Gasteiger partial charge in [0.25, 0.3) is 5.69 Å². The third-order valence-electron chi connectivity index (χ3n) is 2.83. The molecule has 0 amide bonds. The molecular weight excluding hydrogens is 276 g/mol. The van der Waals surface area contributed by atoms with Crippen LogP contribution in [0.4, 0.5) is 5.69 Å². The summed E-state index contributed by atoms with van der Waals surface area (Å²) in [5.41, 5.74) is 0.315. The Morgan fingerprint density at radius 2 is 1.81 bits per heavy atom. The molecule has 0 saturated heterocycles. The average Bonchev–Trinajstić information content (AvgIpc) is 2.47. The van der Waals surface area contributed by atoms with Gasteiger partial charge in [-0.3, -0.25) is 14.9 Å². The Bertz CT molecular complexity index is 710. The predicted octanol–water partition coefficient (Wildman–Crippen LogP) is 1.46. The lowest BCUT2D eigenvalue weighted by Gasteiger charge is -1.99. The highest BCUT2D eigenvalue weighted by Gasteiger charge is 2.15. The third kappa shape index (κ3) is 3.47. The average molecular weight is 287 g/mol. The number of hydrogen-bond acceptors (Lipinski definition) is 4. The van der Waals surface area contributed by atoms with Gasteiger partial charge >= 0.3 is 5.97 Å². The van der Waals surface area contributed by atoms with Gasteiger partial charge in [-0.2, -0.15) is 4.57 Å². The van der Waals surface area contributed by atoms with Gasteiger partial charge in [0.05, 0.1) is 4.92 Å². The zero-order valence-electron chi connectivity index (χ0n) is 10.8. The van der Waals surface area contributed by atoms with Crippen molar-refractivity contribution in [1.82, 2.24) is 0 Å². The number of Topliss-reactive ketones (excluding diaryl/α,β-unsaturated/α-hetero) is 1. The minimum absolute atomic E-state index is 0.0427. The highest BCUT2D eigenvalue weighted by Crippen LogP contribution is 2.12. The Hall–Kier alpha value is -3.09. The van der Waals surface area contributed by atoms with Crippen molar-refractivity contribution in [3.8, 4) is 0 Å². The maximum Gasteiger partial charge on any atom is 0.341 e. The van der Waals surface area contributed by atoms with Crippen LogP contribution in [0.5, 0.6) is 0 Å². The van der Waals surface area contributed by atoms with E-state index in [1.54, 1.807) is 6.20 Å². The van der Waals surface area contributed by atoms with E-state index in [1.165, 1.54) is 47.2 Å². The van der Waals surface area contributed by atoms with Crippen LogP contribution >= 0.6 is 0 Å². The molecule has 7 nitrogen and oxygen atoms in total. The Kier molecular flexibility index (Phi) is 4.03. The molecule has 0 aliphatic rings. The smallest absolute Gasteiger partial charge is 0.341 e. The number of nitro benzene ring substituents is 1. The number of rotatable bonds is 5. The number of carbonyl (C=O) groups is 2. The first-order valence-corrected chi connectivity index (χ1v) is 5.97. The Balaban J connectivity index is 2.16. The van der Waals surface area contributed by atoms with Gasteiger partial charge in [0.2, 0.25) is 12.3 Å². The lowest BCUT2D eigenvalue weighted by molar-refractivity contribution is -0.683. The van der Waals surface area contributed by atoms with Crippen molar-refractivity contribution < 1.29 is 24.2 Å². The van der Waals surface area contributed by atoms with Gasteiger partial charge in [0, 0.05) is 23.8 Å². The zero-order valence-corrected chi connectivity index (χ0v) is 10.8. The SMILES string of the molecule is O=C(O)c1ccc[n+](CC(=O)c2ccc([N+](=O)[O-])cc2)c1. The van der Waals surface area contributed by atoms with E-state index >= 15 is 0 Å². The molecule has 0 atom stereocenters. The second-order valence-corrected chi connectivity index (χ2v) is 4.30. The summed E-state index contributed by atoms with van der Waals surface area (Å²) in [5.74, 6) is -1.34. The highest BCUT2D eigenvalue weighted by atomic mass is 16.6. The topological polar surface area (TPSA) is 101 Å². The fourth-order valence-electron chi connectivity index (χ4n) is 1.77. The molecule has 0 saturated carbocycles. The number of carboxylic acids is 1. The van der Waals surface area contributed by atoms with Crippen molar-refractivity contribution in [3.63, 3.8) is 0 Å². The summed E-state index contributed by atoms with van der Waals surface area (Å²) in [7, 11) is 0. The van der Waals surface area contributed by atoms with Gasteiger partial charge in [-0.15, -0.1) is 0 Å². The maximum atomic E-state index is 12.0. The van der Waals surface area contributed by atoms with Crippen LogP contribution in [0.25, 0.3) is 0 Å². The van der Waals surface area contributed by atoms with Gasteiger partial charge in [-0.1, -0.05) is 0 Å². The van der Waals surface area contributed by atoms with Crippen LogP contribution in [-0.2, 0) is 6.54 Å². The summed E-state index contributed by atoms with van der Waals surface area (Å²) in [4.78, 5) is 32.9.